The maximum absolute atomic E-state index is 14.6. The van der Waals surface area contributed by atoms with E-state index in [0.29, 0.717) is 23.6 Å². The number of rotatable bonds is 7. The number of amides is 1. The van der Waals surface area contributed by atoms with Gasteiger partial charge in [-0.2, -0.15) is 13.9 Å². The molecule has 0 aliphatic heterocycles. The zero-order chi connectivity index (χ0) is 26.0. The summed E-state index contributed by atoms with van der Waals surface area (Å²) in [6.07, 6.45) is 2.63. The molecule has 0 saturated carbocycles. The van der Waals surface area contributed by atoms with Crippen LogP contribution in [0.4, 0.5) is 20.3 Å². The Bertz CT molecular complexity index is 1560. The summed E-state index contributed by atoms with van der Waals surface area (Å²) in [5, 5.41) is 10.8. The Morgan fingerprint density at radius 2 is 1.84 bits per heavy atom. The smallest absolute Gasteiger partial charge is 0.350 e. The minimum atomic E-state index is -3.77. The summed E-state index contributed by atoms with van der Waals surface area (Å²) in [5.41, 5.74) is 8.05. The lowest BCUT2D eigenvalue weighted by atomic mass is 10.1. The zero-order valence-corrected chi connectivity index (χ0v) is 21.1. The summed E-state index contributed by atoms with van der Waals surface area (Å²) in [5.74, 6) is -5.35. The van der Waals surface area contributed by atoms with Gasteiger partial charge >= 0.3 is 5.92 Å². The van der Waals surface area contributed by atoms with Gasteiger partial charge in [-0.3, -0.25) is 9.48 Å². The Hall–Kier alpha value is -4.20. The molecule has 0 saturated heterocycles. The molecule has 5 rings (SSSR count). The summed E-state index contributed by atoms with van der Waals surface area (Å²) >= 11 is 2.25. The van der Waals surface area contributed by atoms with Crippen LogP contribution in [-0.4, -0.2) is 30.8 Å². The number of benzene rings is 2. The summed E-state index contributed by atoms with van der Waals surface area (Å²) in [7, 11) is 0. The number of hydrogen-bond acceptors (Lipinski definition) is 7. The Balaban J connectivity index is 1.43. The highest BCUT2D eigenvalue weighted by atomic mass is 127. The van der Waals surface area contributed by atoms with E-state index in [2.05, 4.69) is 48.1 Å². The molecule has 3 heterocycles. The van der Waals surface area contributed by atoms with Crippen LogP contribution in [0.3, 0.4) is 0 Å². The highest BCUT2D eigenvalue weighted by Gasteiger charge is 2.41. The third kappa shape index (κ3) is 5.05. The van der Waals surface area contributed by atoms with Crippen LogP contribution in [0.5, 0.6) is 0 Å². The van der Waals surface area contributed by atoms with Crippen molar-refractivity contribution in [1.29, 1.82) is 0 Å². The maximum atomic E-state index is 14.6. The SMILES string of the molecule is Nc1nc(-c2cc(-c3ccon3)n(Cc3ccccc3I)n2)ncc1NC(=O)C(F)(F)c1ccccc1. The van der Waals surface area contributed by atoms with E-state index >= 15 is 0 Å². The number of nitrogen functional groups attached to an aromatic ring is 1. The number of alkyl halides is 2. The Morgan fingerprint density at radius 3 is 2.54 bits per heavy atom. The van der Waals surface area contributed by atoms with E-state index in [4.69, 9.17) is 10.3 Å². The number of nitrogens with zero attached hydrogens (tertiary/aromatic N) is 5. The second kappa shape index (κ2) is 10.0. The number of nitrogens with one attached hydrogen (secondary N) is 1. The van der Waals surface area contributed by atoms with Crippen molar-refractivity contribution < 1.29 is 18.1 Å². The van der Waals surface area contributed by atoms with Gasteiger partial charge in [-0.1, -0.05) is 53.7 Å². The highest BCUT2D eigenvalue weighted by molar-refractivity contribution is 14.1. The number of nitrogens with two attached hydrogens (primary N) is 1. The molecule has 5 aromatic rings. The molecule has 0 radical (unpaired) electrons. The zero-order valence-electron chi connectivity index (χ0n) is 19.0. The van der Waals surface area contributed by atoms with Gasteiger partial charge in [0.25, 0.3) is 5.91 Å². The van der Waals surface area contributed by atoms with Gasteiger partial charge in [0.15, 0.2) is 11.6 Å². The molecule has 0 aliphatic carbocycles. The van der Waals surface area contributed by atoms with Crippen LogP contribution in [0.2, 0.25) is 0 Å². The van der Waals surface area contributed by atoms with Gasteiger partial charge in [-0.25, -0.2) is 9.97 Å². The third-order valence-electron chi connectivity index (χ3n) is 5.48. The molecule has 186 valence electrons. The van der Waals surface area contributed by atoms with Gasteiger partial charge in [-0.15, -0.1) is 0 Å². The fourth-order valence-electron chi connectivity index (χ4n) is 3.58. The first-order valence-electron chi connectivity index (χ1n) is 10.9. The fourth-order valence-corrected chi connectivity index (χ4v) is 4.14. The molecule has 9 nitrogen and oxygen atoms in total. The molecule has 0 bridgehead atoms. The van der Waals surface area contributed by atoms with Gasteiger partial charge < -0.3 is 15.6 Å². The van der Waals surface area contributed by atoms with Crippen LogP contribution in [0.1, 0.15) is 11.1 Å². The quantitative estimate of drug-likeness (QED) is 0.249. The molecule has 3 aromatic heterocycles. The largest absolute Gasteiger partial charge is 0.382 e. The lowest BCUT2D eigenvalue weighted by Gasteiger charge is -2.16. The van der Waals surface area contributed by atoms with E-state index < -0.39 is 17.4 Å². The maximum Gasteiger partial charge on any atom is 0.350 e. The van der Waals surface area contributed by atoms with Crippen molar-refractivity contribution in [2.24, 2.45) is 0 Å². The minimum absolute atomic E-state index is 0.139. The molecule has 2 aromatic carbocycles. The number of carbonyl (C=O) groups excluding carboxylic acids is 1. The molecule has 12 heteroatoms. The van der Waals surface area contributed by atoms with Crippen LogP contribution < -0.4 is 11.1 Å². The predicted molar refractivity (Wildman–Crippen MR) is 140 cm³/mol. The first-order chi connectivity index (χ1) is 17.8. The summed E-state index contributed by atoms with van der Waals surface area (Å²) in [6, 6.07) is 18.1. The summed E-state index contributed by atoms with van der Waals surface area (Å²) < 4.78 is 37.0. The number of anilines is 2. The van der Waals surface area contributed by atoms with Crippen molar-refractivity contribution in [3.8, 4) is 22.9 Å². The Kier molecular flexibility index (Phi) is 6.65. The van der Waals surface area contributed by atoms with E-state index in [-0.39, 0.29) is 17.3 Å². The van der Waals surface area contributed by atoms with Crippen LogP contribution in [0.15, 0.2) is 83.7 Å². The van der Waals surface area contributed by atoms with E-state index in [1.807, 2.05) is 24.3 Å². The van der Waals surface area contributed by atoms with E-state index in [1.54, 1.807) is 22.9 Å². The molecule has 37 heavy (non-hydrogen) atoms. The van der Waals surface area contributed by atoms with Crippen LogP contribution in [0, 0.1) is 3.57 Å². The summed E-state index contributed by atoms with van der Waals surface area (Å²) in [6.45, 7) is 0.444. The molecule has 0 spiro atoms. The van der Waals surface area contributed by atoms with Crippen molar-refractivity contribution in [2.45, 2.75) is 12.5 Å². The minimum Gasteiger partial charge on any atom is -0.382 e. The fraction of sp³-hybridized carbons (Fsp3) is 0.0800. The number of carbonyl (C=O) groups is 1. The van der Waals surface area contributed by atoms with Gasteiger partial charge in [0.2, 0.25) is 0 Å². The van der Waals surface area contributed by atoms with Crippen molar-refractivity contribution in [2.75, 3.05) is 11.1 Å². The molecule has 0 atom stereocenters. The highest BCUT2D eigenvalue weighted by Crippen LogP contribution is 2.31. The lowest BCUT2D eigenvalue weighted by Crippen LogP contribution is -2.32. The Labute approximate surface area is 222 Å². The van der Waals surface area contributed by atoms with Gasteiger partial charge in [-0.05, 0) is 40.3 Å². The second-order valence-corrected chi connectivity index (χ2v) is 9.10. The summed E-state index contributed by atoms with van der Waals surface area (Å²) in [4.78, 5) is 20.7. The van der Waals surface area contributed by atoms with Gasteiger partial charge in [0.1, 0.15) is 23.3 Å². The van der Waals surface area contributed by atoms with Crippen molar-refractivity contribution in [1.82, 2.24) is 24.9 Å². The average molecular weight is 613 g/mol. The molecule has 0 unspecified atom stereocenters. The average Bonchev–Trinajstić information content (AvgIpc) is 3.57. The first kappa shape index (κ1) is 24.5. The lowest BCUT2D eigenvalue weighted by molar-refractivity contribution is -0.140. The molecular formula is C25H18F2IN7O2. The van der Waals surface area contributed by atoms with E-state index in [9.17, 15) is 13.6 Å². The molecule has 1 amide bonds. The molecular weight excluding hydrogens is 595 g/mol. The van der Waals surface area contributed by atoms with Crippen molar-refractivity contribution in [3.05, 3.63) is 93.9 Å². The standard InChI is InChI=1S/C25H18F2IN7O2/c26-25(27,16-7-2-1-3-8-16)24(36)31-20-13-30-23(32-22(20)29)19-12-21(18-10-11-37-34-18)35(33-19)14-15-6-4-5-9-17(15)28/h1-13H,14H2,(H,31,36)(H2,29,30,32). The van der Waals surface area contributed by atoms with Crippen LogP contribution in [0.25, 0.3) is 22.9 Å². The normalized spacial score (nSPS) is 11.4. The monoisotopic (exact) mass is 613 g/mol. The third-order valence-corrected chi connectivity index (χ3v) is 6.53. The topological polar surface area (TPSA) is 125 Å². The molecule has 0 aliphatic rings. The number of hydrogen-bond donors (Lipinski definition) is 2. The van der Waals surface area contributed by atoms with E-state index in [1.165, 1.54) is 36.7 Å². The second-order valence-electron chi connectivity index (χ2n) is 7.94. The predicted octanol–water partition coefficient (Wildman–Crippen LogP) is 4.96. The number of aromatic nitrogens is 5. The van der Waals surface area contributed by atoms with Crippen LogP contribution >= 0.6 is 22.6 Å². The Morgan fingerprint density at radius 1 is 1.08 bits per heavy atom. The van der Waals surface area contributed by atoms with E-state index in [0.717, 1.165) is 9.13 Å². The molecule has 0 fully saturated rings. The van der Waals surface area contributed by atoms with Gasteiger partial charge in [0.05, 0.1) is 18.4 Å². The van der Waals surface area contributed by atoms with Crippen molar-refractivity contribution >= 4 is 40.0 Å². The van der Waals surface area contributed by atoms with Gasteiger partial charge in [0, 0.05) is 15.2 Å². The number of halogens is 3. The first-order valence-corrected chi connectivity index (χ1v) is 12.0. The van der Waals surface area contributed by atoms with Crippen molar-refractivity contribution in [3.63, 3.8) is 0 Å². The van der Waals surface area contributed by atoms with Crippen LogP contribution in [-0.2, 0) is 17.3 Å². The molecule has 3 N–H and O–H groups in total.